The quantitative estimate of drug-likeness (QED) is 0.585. The number of carbonyl (C=O) groups is 1. The number of hydrogen-bond acceptors (Lipinski definition) is 4. The van der Waals surface area contributed by atoms with Crippen molar-refractivity contribution in [2.75, 3.05) is 0 Å². The maximum absolute atomic E-state index is 13.0. The molecule has 25 heavy (non-hydrogen) atoms. The van der Waals surface area contributed by atoms with Crippen molar-refractivity contribution in [1.29, 1.82) is 0 Å². The lowest BCUT2D eigenvalue weighted by molar-refractivity contribution is -0.119. The summed E-state index contributed by atoms with van der Waals surface area (Å²) in [4.78, 5) is 14.8. The topological polar surface area (TPSA) is 98.0 Å². The zero-order chi connectivity index (χ0) is 18.1. The second-order valence-corrected chi connectivity index (χ2v) is 5.83. The molecule has 1 heterocycles. The molecule has 3 N–H and O–H groups in total. The maximum atomic E-state index is 13.0. The molecular formula is C17H13ClFN3O3. The number of fused-ring (bicyclic) bond motifs is 1. The highest BCUT2D eigenvalue weighted by atomic mass is 35.5. The van der Waals surface area contributed by atoms with E-state index in [0.29, 0.717) is 11.1 Å². The van der Waals surface area contributed by atoms with Crippen molar-refractivity contribution >= 4 is 34.1 Å². The van der Waals surface area contributed by atoms with Crippen molar-refractivity contribution in [3.63, 3.8) is 0 Å². The number of rotatable bonds is 3. The van der Waals surface area contributed by atoms with Crippen molar-refractivity contribution in [2.45, 2.75) is 12.8 Å². The first-order chi connectivity index (χ1) is 11.9. The van der Waals surface area contributed by atoms with Gasteiger partial charge < -0.3 is 15.2 Å². The van der Waals surface area contributed by atoms with Crippen LogP contribution in [0.3, 0.4) is 0 Å². The van der Waals surface area contributed by atoms with E-state index in [0.717, 1.165) is 0 Å². The van der Waals surface area contributed by atoms with E-state index < -0.39 is 17.6 Å². The number of amides is 1. The lowest BCUT2D eigenvalue weighted by Gasteiger charge is -2.06. The van der Waals surface area contributed by atoms with Crippen LogP contribution in [0, 0.1) is 5.82 Å². The van der Waals surface area contributed by atoms with Gasteiger partial charge in [0.1, 0.15) is 11.6 Å². The summed E-state index contributed by atoms with van der Waals surface area (Å²) in [5.74, 6) is -2.12. The van der Waals surface area contributed by atoms with Gasteiger partial charge >= 0.3 is 0 Å². The van der Waals surface area contributed by atoms with Gasteiger partial charge in [-0.25, -0.2) is 4.39 Å². The fourth-order valence-corrected chi connectivity index (χ4v) is 2.64. The number of aromatic amines is 1. The first-order valence-electron chi connectivity index (χ1n) is 7.31. The molecule has 2 aromatic carbocycles. The van der Waals surface area contributed by atoms with Crippen LogP contribution in [0.5, 0.6) is 11.6 Å². The molecule has 3 aromatic rings. The number of nitrogens with zero attached hydrogens (tertiary/aromatic N) is 2. The van der Waals surface area contributed by atoms with E-state index in [1.807, 2.05) is 0 Å². The molecule has 0 aliphatic heterocycles. The van der Waals surface area contributed by atoms with Crippen molar-refractivity contribution in [3.05, 3.63) is 52.8 Å². The number of aromatic nitrogens is 1. The summed E-state index contributed by atoms with van der Waals surface area (Å²) in [6.07, 6.45) is 0. The van der Waals surface area contributed by atoms with Gasteiger partial charge in [-0.15, -0.1) is 10.2 Å². The maximum Gasteiger partial charge on any atom is 0.271 e. The zero-order valence-corrected chi connectivity index (χ0v) is 13.8. The van der Waals surface area contributed by atoms with E-state index in [1.165, 1.54) is 36.4 Å². The summed E-state index contributed by atoms with van der Waals surface area (Å²) in [5.41, 5.74) is 0.980. The standard InChI is InChI=1S/C17H13ClFN3O3/c1-8(9-2-4-10(19)5-3-9)16(24)22-21-15-13-11(20-17(15)25)6-7-12(23)14(13)18/h2-8,20,23,25H,1H3. The van der Waals surface area contributed by atoms with E-state index in [9.17, 15) is 19.4 Å². The van der Waals surface area contributed by atoms with Crippen LogP contribution in [0.2, 0.25) is 5.02 Å². The Hall–Kier alpha value is -2.93. The lowest BCUT2D eigenvalue weighted by atomic mass is 10.0. The monoisotopic (exact) mass is 361 g/mol. The Kier molecular flexibility index (Phi) is 4.41. The van der Waals surface area contributed by atoms with Gasteiger partial charge in [-0.3, -0.25) is 4.79 Å². The molecule has 0 radical (unpaired) electrons. The van der Waals surface area contributed by atoms with Crippen LogP contribution in [0.25, 0.3) is 10.9 Å². The number of hydrogen-bond donors (Lipinski definition) is 3. The van der Waals surface area contributed by atoms with Crippen LogP contribution in [0.1, 0.15) is 18.4 Å². The van der Waals surface area contributed by atoms with E-state index in [4.69, 9.17) is 11.6 Å². The molecule has 3 rings (SSSR count). The Labute approximate surface area is 146 Å². The third kappa shape index (κ3) is 3.18. The molecule has 1 aromatic heterocycles. The Morgan fingerprint density at radius 1 is 1.20 bits per heavy atom. The van der Waals surface area contributed by atoms with Gasteiger partial charge in [-0.05, 0) is 36.8 Å². The molecule has 0 aliphatic rings. The highest BCUT2D eigenvalue weighted by Crippen LogP contribution is 2.43. The van der Waals surface area contributed by atoms with Crippen LogP contribution < -0.4 is 0 Å². The fourth-order valence-electron chi connectivity index (χ4n) is 2.38. The number of halogens is 2. The SMILES string of the molecule is CC(C(=O)N=Nc1c(O)[nH]c2ccc(O)c(Cl)c12)c1ccc(F)cc1. The van der Waals surface area contributed by atoms with Crippen molar-refractivity contribution in [3.8, 4) is 11.6 Å². The van der Waals surface area contributed by atoms with E-state index in [2.05, 4.69) is 15.2 Å². The molecule has 0 saturated heterocycles. The van der Waals surface area contributed by atoms with Crippen molar-refractivity contribution < 1.29 is 19.4 Å². The Morgan fingerprint density at radius 2 is 1.88 bits per heavy atom. The molecule has 128 valence electrons. The molecule has 6 nitrogen and oxygen atoms in total. The summed E-state index contributed by atoms with van der Waals surface area (Å²) in [6.45, 7) is 1.61. The fraction of sp³-hybridized carbons (Fsp3) is 0.118. The third-order valence-corrected chi connectivity index (χ3v) is 4.21. The van der Waals surface area contributed by atoms with Gasteiger partial charge in [-0.2, -0.15) is 0 Å². The minimum Gasteiger partial charge on any atom is -0.506 e. The van der Waals surface area contributed by atoms with Crippen molar-refractivity contribution in [2.24, 2.45) is 10.2 Å². The normalized spacial score (nSPS) is 12.8. The highest BCUT2D eigenvalue weighted by molar-refractivity contribution is 6.38. The average molecular weight is 362 g/mol. The number of aromatic hydroxyl groups is 2. The first-order valence-corrected chi connectivity index (χ1v) is 7.69. The number of phenolic OH excluding ortho intramolecular Hbond substituents is 1. The Bertz CT molecular complexity index is 983. The number of azo groups is 1. The van der Waals surface area contributed by atoms with Crippen LogP contribution in [0.4, 0.5) is 10.1 Å². The summed E-state index contributed by atoms with van der Waals surface area (Å²) in [7, 11) is 0. The number of phenols is 1. The number of H-pyrrole nitrogens is 1. The summed E-state index contributed by atoms with van der Waals surface area (Å²) < 4.78 is 13.0. The predicted molar refractivity (Wildman–Crippen MR) is 91.0 cm³/mol. The number of nitrogens with one attached hydrogen (secondary N) is 1. The molecule has 0 bridgehead atoms. The molecule has 8 heteroatoms. The Balaban J connectivity index is 1.92. The van der Waals surface area contributed by atoms with Crippen LogP contribution in [-0.4, -0.2) is 21.1 Å². The zero-order valence-electron chi connectivity index (χ0n) is 13.0. The second kappa shape index (κ2) is 6.52. The molecule has 0 aliphatic carbocycles. The van der Waals surface area contributed by atoms with Gasteiger partial charge in [0, 0.05) is 0 Å². The van der Waals surface area contributed by atoms with Gasteiger partial charge in [0.25, 0.3) is 5.91 Å². The van der Waals surface area contributed by atoms with Crippen LogP contribution in [0.15, 0.2) is 46.6 Å². The molecule has 1 unspecified atom stereocenters. The number of benzene rings is 2. The van der Waals surface area contributed by atoms with E-state index in [-0.39, 0.29) is 27.7 Å². The van der Waals surface area contributed by atoms with E-state index >= 15 is 0 Å². The molecule has 0 spiro atoms. The van der Waals surface area contributed by atoms with Gasteiger partial charge in [0.05, 0.1) is 21.8 Å². The summed E-state index contributed by atoms with van der Waals surface area (Å²) in [6, 6.07) is 8.37. The molecule has 0 saturated carbocycles. The predicted octanol–water partition coefficient (Wildman–Crippen LogP) is 4.79. The lowest BCUT2D eigenvalue weighted by Crippen LogP contribution is -2.05. The minimum atomic E-state index is -0.638. The molecule has 0 fully saturated rings. The molecule has 1 amide bonds. The Morgan fingerprint density at radius 3 is 2.56 bits per heavy atom. The van der Waals surface area contributed by atoms with Crippen LogP contribution in [-0.2, 0) is 4.79 Å². The summed E-state index contributed by atoms with van der Waals surface area (Å²) in [5, 5.41) is 27.3. The highest BCUT2D eigenvalue weighted by Gasteiger charge is 2.18. The largest absolute Gasteiger partial charge is 0.506 e. The van der Waals surface area contributed by atoms with Crippen LogP contribution >= 0.6 is 11.6 Å². The molecular weight excluding hydrogens is 349 g/mol. The minimum absolute atomic E-state index is 0.0120. The smallest absolute Gasteiger partial charge is 0.271 e. The average Bonchev–Trinajstić information content (AvgIpc) is 2.92. The number of carbonyl (C=O) groups excluding carboxylic acids is 1. The van der Waals surface area contributed by atoms with Gasteiger partial charge in [0.15, 0.2) is 5.69 Å². The third-order valence-electron chi connectivity index (χ3n) is 3.82. The summed E-state index contributed by atoms with van der Waals surface area (Å²) >= 11 is 6.03. The van der Waals surface area contributed by atoms with E-state index in [1.54, 1.807) is 6.92 Å². The van der Waals surface area contributed by atoms with Crippen molar-refractivity contribution in [1.82, 2.24) is 4.98 Å². The molecule has 1 atom stereocenters. The van der Waals surface area contributed by atoms with Gasteiger partial charge in [0.2, 0.25) is 5.88 Å². The van der Waals surface area contributed by atoms with Gasteiger partial charge in [-0.1, -0.05) is 23.7 Å². The second-order valence-electron chi connectivity index (χ2n) is 5.45. The first kappa shape index (κ1) is 16.9.